The molecule has 1 saturated heterocycles. The maximum absolute atomic E-state index is 12.2. The van der Waals surface area contributed by atoms with Gasteiger partial charge in [0.05, 0.1) is 12.2 Å². The molecule has 1 N–H and O–H groups in total. The van der Waals surface area contributed by atoms with E-state index in [9.17, 15) is 4.79 Å². The van der Waals surface area contributed by atoms with Crippen LogP contribution in [0, 0.1) is 6.92 Å². The zero-order valence-electron chi connectivity index (χ0n) is 17.5. The monoisotopic (exact) mass is 384 g/mol. The minimum atomic E-state index is -0.0686. The lowest BCUT2D eigenvalue weighted by atomic mass is 9.92. The average molecular weight is 385 g/mol. The van der Waals surface area contributed by atoms with E-state index in [0.29, 0.717) is 18.5 Å². The molecule has 1 aliphatic heterocycles. The summed E-state index contributed by atoms with van der Waals surface area (Å²) in [5.74, 6) is 0.682. The number of hydrogen-bond acceptors (Lipinski definition) is 6. The molecule has 2 aromatic heterocycles. The Labute approximate surface area is 167 Å². The highest BCUT2D eigenvalue weighted by Crippen LogP contribution is 2.19. The third kappa shape index (κ3) is 5.38. The van der Waals surface area contributed by atoms with Crippen molar-refractivity contribution in [2.75, 3.05) is 25.0 Å². The van der Waals surface area contributed by atoms with Gasteiger partial charge in [-0.05, 0) is 38.4 Å². The van der Waals surface area contributed by atoms with Gasteiger partial charge < -0.3 is 5.32 Å². The highest BCUT2D eigenvalue weighted by molar-refractivity contribution is 5.25. The zero-order chi connectivity index (χ0) is 20.1. The van der Waals surface area contributed by atoms with Crippen LogP contribution in [-0.2, 0) is 12.0 Å². The van der Waals surface area contributed by atoms with E-state index in [4.69, 9.17) is 0 Å². The van der Waals surface area contributed by atoms with Crippen LogP contribution in [0.4, 0.5) is 5.95 Å². The first-order chi connectivity index (χ1) is 13.3. The molecule has 0 aliphatic carbocycles. The SMILES string of the molecule is Cc1ccnc(NCC2CCCCN2CCn2nc(C(C)(C)C)ccc2=O)n1. The van der Waals surface area contributed by atoms with Crippen molar-refractivity contribution in [2.45, 2.75) is 65.0 Å². The first-order valence-corrected chi connectivity index (χ1v) is 10.2. The first kappa shape index (κ1) is 20.5. The molecule has 7 nitrogen and oxygen atoms in total. The van der Waals surface area contributed by atoms with Gasteiger partial charge in [-0.3, -0.25) is 9.69 Å². The van der Waals surface area contributed by atoms with Gasteiger partial charge in [-0.2, -0.15) is 5.10 Å². The molecule has 28 heavy (non-hydrogen) atoms. The summed E-state index contributed by atoms with van der Waals surface area (Å²) in [6, 6.07) is 5.79. The van der Waals surface area contributed by atoms with Crippen LogP contribution >= 0.6 is 0 Å². The van der Waals surface area contributed by atoms with Gasteiger partial charge in [-0.1, -0.05) is 27.2 Å². The fraction of sp³-hybridized carbons (Fsp3) is 0.619. The fourth-order valence-electron chi connectivity index (χ4n) is 3.56. The Kier molecular flexibility index (Phi) is 6.44. The quantitative estimate of drug-likeness (QED) is 0.825. The second-order valence-corrected chi connectivity index (χ2v) is 8.62. The topological polar surface area (TPSA) is 75.9 Å². The highest BCUT2D eigenvalue weighted by Gasteiger charge is 2.23. The number of nitrogens with one attached hydrogen (secondary N) is 1. The second-order valence-electron chi connectivity index (χ2n) is 8.62. The first-order valence-electron chi connectivity index (χ1n) is 10.2. The number of hydrogen-bond donors (Lipinski definition) is 1. The van der Waals surface area contributed by atoms with Crippen molar-refractivity contribution in [3.8, 4) is 0 Å². The van der Waals surface area contributed by atoms with Crippen LogP contribution in [0.3, 0.4) is 0 Å². The third-order valence-corrected chi connectivity index (χ3v) is 5.27. The van der Waals surface area contributed by atoms with Crippen LogP contribution in [0.2, 0.25) is 0 Å². The van der Waals surface area contributed by atoms with Gasteiger partial charge in [0.1, 0.15) is 0 Å². The lowest BCUT2D eigenvalue weighted by Crippen LogP contribution is -2.46. The smallest absolute Gasteiger partial charge is 0.266 e. The van der Waals surface area contributed by atoms with Crippen molar-refractivity contribution in [1.29, 1.82) is 0 Å². The Morgan fingerprint density at radius 2 is 2.00 bits per heavy atom. The molecular formula is C21H32N6O. The Bertz CT molecular complexity index is 841. The summed E-state index contributed by atoms with van der Waals surface area (Å²) in [7, 11) is 0. The van der Waals surface area contributed by atoms with Crippen LogP contribution < -0.4 is 10.9 Å². The molecule has 3 heterocycles. The predicted octanol–water partition coefficient (Wildman–Crippen LogP) is 2.61. The van der Waals surface area contributed by atoms with E-state index in [1.54, 1.807) is 16.9 Å². The molecule has 1 unspecified atom stereocenters. The molecule has 2 aromatic rings. The molecule has 0 radical (unpaired) electrons. The molecule has 3 rings (SSSR count). The lowest BCUT2D eigenvalue weighted by molar-refractivity contribution is 0.147. The van der Waals surface area contributed by atoms with Crippen molar-refractivity contribution < 1.29 is 0 Å². The van der Waals surface area contributed by atoms with Crippen molar-refractivity contribution in [2.24, 2.45) is 0 Å². The summed E-state index contributed by atoms with van der Waals surface area (Å²) >= 11 is 0. The number of aromatic nitrogens is 4. The molecule has 0 spiro atoms. The number of rotatable bonds is 6. The van der Waals surface area contributed by atoms with Gasteiger partial charge in [0, 0.05) is 42.5 Å². The Balaban J connectivity index is 1.62. The van der Waals surface area contributed by atoms with Crippen molar-refractivity contribution in [3.05, 3.63) is 46.1 Å². The van der Waals surface area contributed by atoms with Crippen LogP contribution in [0.15, 0.2) is 29.2 Å². The van der Waals surface area contributed by atoms with Crippen molar-refractivity contribution in [1.82, 2.24) is 24.6 Å². The molecule has 152 valence electrons. The average Bonchev–Trinajstić information content (AvgIpc) is 2.65. The number of piperidine rings is 1. The Hall–Kier alpha value is -2.28. The standard InChI is InChI=1S/C21H32N6O/c1-16-10-11-22-20(24-16)23-15-17-7-5-6-12-26(17)13-14-27-19(28)9-8-18(25-27)21(2,3)4/h8-11,17H,5-7,12-15H2,1-4H3,(H,22,23,24). The van der Waals surface area contributed by atoms with Crippen LogP contribution in [0.5, 0.6) is 0 Å². The van der Waals surface area contributed by atoms with Gasteiger partial charge in [0.2, 0.25) is 5.95 Å². The highest BCUT2D eigenvalue weighted by atomic mass is 16.1. The summed E-state index contributed by atoms with van der Waals surface area (Å²) in [6.07, 6.45) is 5.35. The van der Waals surface area contributed by atoms with Gasteiger partial charge in [0.25, 0.3) is 5.56 Å². The molecule has 0 aromatic carbocycles. The maximum Gasteiger partial charge on any atom is 0.266 e. The summed E-state index contributed by atoms with van der Waals surface area (Å²) < 4.78 is 1.61. The molecule has 1 aliphatic rings. The molecule has 0 amide bonds. The van der Waals surface area contributed by atoms with E-state index in [-0.39, 0.29) is 11.0 Å². The Morgan fingerprint density at radius 1 is 1.18 bits per heavy atom. The lowest BCUT2D eigenvalue weighted by Gasteiger charge is -2.35. The number of likely N-dealkylation sites (tertiary alicyclic amines) is 1. The molecule has 1 fully saturated rings. The van der Waals surface area contributed by atoms with Crippen LogP contribution in [0.25, 0.3) is 0 Å². The minimum Gasteiger partial charge on any atom is -0.353 e. The summed E-state index contributed by atoms with van der Waals surface area (Å²) in [5, 5.41) is 7.97. The summed E-state index contributed by atoms with van der Waals surface area (Å²) in [4.78, 5) is 23.4. The number of aryl methyl sites for hydroxylation is 1. The van der Waals surface area contributed by atoms with E-state index in [0.717, 1.165) is 37.4 Å². The number of anilines is 1. The van der Waals surface area contributed by atoms with Crippen LogP contribution in [-0.4, -0.2) is 50.3 Å². The summed E-state index contributed by atoms with van der Waals surface area (Å²) in [5.41, 5.74) is 1.80. The predicted molar refractivity (Wildman–Crippen MR) is 112 cm³/mol. The fourth-order valence-corrected chi connectivity index (χ4v) is 3.56. The van der Waals surface area contributed by atoms with E-state index in [1.807, 2.05) is 19.1 Å². The molecule has 0 bridgehead atoms. The zero-order valence-corrected chi connectivity index (χ0v) is 17.5. The normalized spacial score (nSPS) is 18.2. The Morgan fingerprint density at radius 3 is 2.75 bits per heavy atom. The third-order valence-electron chi connectivity index (χ3n) is 5.27. The maximum atomic E-state index is 12.2. The van der Waals surface area contributed by atoms with Gasteiger partial charge in [0.15, 0.2) is 0 Å². The molecule has 1 atom stereocenters. The molecular weight excluding hydrogens is 352 g/mol. The van der Waals surface area contributed by atoms with E-state index in [1.165, 1.54) is 12.8 Å². The van der Waals surface area contributed by atoms with Crippen molar-refractivity contribution >= 4 is 5.95 Å². The molecule has 7 heteroatoms. The van der Waals surface area contributed by atoms with Gasteiger partial charge >= 0.3 is 0 Å². The van der Waals surface area contributed by atoms with E-state index < -0.39 is 0 Å². The van der Waals surface area contributed by atoms with Gasteiger partial charge in [-0.15, -0.1) is 0 Å². The number of nitrogens with zero attached hydrogens (tertiary/aromatic N) is 5. The minimum absolute atomic E-state index is 0.0344. The second kappa shape index (κ2) is 8.82. The summed E-state index contributed by atoms with van der Waals surface area (Å²) in [6.45, 7) is 11.6. The van der Waals surface area contributed by atoms with Gasteiger partial charge in [-0.25, -0.2) is 14.6 Å². The van der Waals surface area contributed by atoms with Crippen molar-refractivity contribution in [3.63, 3.8) is 0 Å². The molecule has 0 saturated carbocycles. The largest absolute Gasteiger partial charge is 0.353 e. The van der Waals surface area contributed by atoms with Crippen LogP contribution in [0.1, 0.15) is 51.4 Å². The van der Waals surface area contributed by atoms with E-state index in [2.05, 4.69) is 46.1 Å². The van der Waals surface area contributed by atoms with E-state index >= 15 is 0 Å².